The van der Waals surface area contributed by atoms with E-state index in [1.807, 2.05) is 6.07 Å². The fourth-order valence-corrected chi connectivity index (χ4v) is 7.46. The summed E-state index contributed by atoms with van der Waals surface area (Å²) in [6.45, 7) is 9.51. The molecule has 0 radical (unpaired) electrons. The van der Waals surface area contributed by atoms with Gasteiger partial charge < -0.3 is 38.1 Å². The largest absolute Gasteiger partial charge is 0.464 e. The summed E-state index contributed by atoms with van der Waals surface area (Å²) in [5, 5.41) is 0.284. The third-order valence-electron chi connectivity index (χ3n) is 9.20. The molecule has 2 aromatic rings. The van der Waals surface area contributed by atoms with Gasteiger partial charge in [-0.1, -0.05) is 18.0 Å². The Bertz CT molecular complexity index is 1450. The Kier molecular flexibility index (Phi) is 9.20. The van der Waals surface area contributed by atoms with Crippen molar-refractivity contribution in [1.82, 2.24) is 14.5 Å². The number of nitrogens with zero attached hydrogens (tertiary/aromatic N) is 4. The summed E-state index contributed by atoms with van der Waals surface area (Å²) < 4.78 is 42.6. The summed E-state index contributed by atoms with van der Waals surface area (Å²) in [5.41, 5.74) is 0.551. The van der Waals surface area contributed by atoms with Crippen LogP contribution >= 0.6 is 11.6 Å². The molecule has 0 aromatic carbocycles. The van der Waals surface area contributed by atoms with E-state index in [0.717, 1.165) is 18.8 Å². The molecule has 1 spiro atoms. The Morgan fingerprint density at radius 3 is 2.37 bits per heavy atom. The Balaban J connectivity index is 1.36. The van der Waals surface area contributed by atoms with Crippen molar-refractivity contribution in [2.45, 2.75) is 89.8 Å². The second-order valence-electron chi connectivity index (χ2n) is 12.7. The minimum absolute atomic E-state index is 0.0354. The molecule has 0 N–H and O–H groups in total. The highest BCUT2D eigenvalue weighted by atomic mass is 35.5. The molecule has 2 aromatic heterocycles. The maximum absolute atomic E-state index is 12.7. The normalized spacial score (nSPS) is 30.0. The molecule has 0 amide bonds. The monoisotopic (exact) mass is 664 g/mol. The number of carbonyl (C=O) groups is 3. The molecule has 1 aliphatic carbocycles. The number of hydrogen-bond donors (Lipinski definition) is 0. The van der Waals surface area contributed by atoms with Crippen molar-refractivity contribution in [3.8, 4) is 0 Å². The Morgan fingerprint density at radius 2 is 1.78 bits per heavy atom. The Morgan fingerprint density at radius 1 is 1.11 bits per heavy atom. The van der Waals surface area contributed by atoms with Gasteiger partial charge in [-0.05, 0) is 52.4 Å². The Labute approximate surface area is 271 Å². The molecule has 1 saturated carbocycles. The number of rotatable bonds is 10. The minimum atomic E-state index is -1.67. The van der Waals surface area contributed by atoms with Crippen molar-refractivity contribution in [2.75, 3.05) is 44.4 Å². The maximum Gasteiger partial charge on any atom is 0.347 e. The zero-order chi connectivity index (χ0) is 32.8. The van der Waals surface area contributed by atoms with Gasteiger partial charge in [0.1, 0.15) is 16.8 Å². The number of hydrogen-bond acceptors (Lipinski definition) is 13. The van der Waals surface area contributed by atoms with Crippen molar-refractivity contribution in [3.63, 3.8) is 0 Å². The van der Waals surface area contributed by atoms with Crippen molar-refractivity contribution >= 4 is 46.4 Å². The van der Waals surface area contributed by atoms with Gasteiger partial charge in [-0.25, -0.2) is 19.6 Å². The molecule has 252 valence electrons. The Hall–Kier alpha value is -3.04. The molecule has 4 aliphatic rings. The molecule has 1 unspecified atom stereocenters. The zero-order valence-electron chi connectivity index (χ0n) is 26.7. The van der Waals surface area contributed by atoms with Crippen LogP contribution in [0.1, 0.15) is 60.1 Å². The van der Waals surface area contributed by atoms with Crippen LogP contribution in [-0.2, 0) is 47.5 Å². The SMILES string of the molecule is CCOC(=O)C(OC[C@H]1O[C@@H](n2cnc3c(N4C[C@H]5CCC[C@H]5C4)cc(Cl)nc32)[C@H](OC(C)=O)C12COC(C)(C)O2)C(=O)OCC. The van der Waals surface area contributed by atoms with Crippen LogP contribution in [0.4, 0.5) is 5.69 Å². The fourth-order valence-electron chi connectivity index (χ4n) is 7.28. The fraction of sp³-hybridized carbons (Fsp3) is 0.710. The number of anilines is 1. The lowest BCUT2D eigenvalue weighted by Crippen LogP contribution is -2.54. The zero-order valence-corrected chi connectivity index (χ0v) is 27.5. The van der Waals surface area contributed by atoms with E-state index in [1.54, 1.807) is 38.6 Å². The van der Waals surface area contributed by atoms with Crippen LogP contribution in [0, 0.1) is 11.8 Å². The lowest BCUT2D eigenvalue weighted by molar-refractivity contribution is -0.203. The number of ether oxygens (including phenoxy) is 7. The number of carbonyl (C=O) groups excluding carboxylic acids is 3. The molecule has 6 atom stereocenters. The molecule has 5 heterocycles. The highest BCUT2D eigenvalue weighted by Crippen LogP contribution is 2.49. The van der Waals surface area contributed by atoms with Gasteiger partial charge in [0, 0.05) is 26.1 Å². The first-order chi connectivity index (χ1) is 22.0. The average molecular weight is 665 g/mol. The predicted molar refractivity (Wildman–Crippen MR) is 162 cm³/mol. The quantitative estimate of drug-likeness (QED) is 0.158. The molecular weight excluding hydrogens is 624 g/mol. The molecule has 4 fully saturated rings. The van der Waals surface area contributed by atoms with Gasteiger partial charge in [-0.3, -0.25) is 9.36 Å². The van der Waals surface area contributed by atoms with E-state index in [0.29, 0.717) is 23.0 Å². The van der Waals surface area contributed by atoms with Crippen LogP contribution in [0.5, 0.6) is 0 Å². The molecule has 3 aliphatic heterocycles. The van der Waals surface area contributed by atoms with Crippen LogP contribution in [0.15, 0.2) is 12.4 Å². The first kappa shape index (κ1) is 32.9. The summed E-state index contributed by atoms with van der Waals surface area (Å²) in [6.07, 6.45) is 0.521. The summed E-state index contributed by atoms with van der Waals surface area (Å²) in [7, 11) is 0. The van der Waals surface area contributed by atoms with Crippen molar-refractivity contribution in [1.29, 1.82) is 0 Å². The number of aromatic nitrogens is 3. The van der Waals surface area contributed by atoms with Gasteiger partial charge in [-0.2, -0.15) is 0 Å². The third kappa shape index (κ3) is 6.05. The number of pyridine rings is 1. The lowest BCUT2D eigenvalue weighted by atomic mass is 9.92. The van der Waals surface area contributed by atoms with E-state index in [4.69, 9.17) is 49.7 Å². The van der Waals surface area contributed by atoms with E-state index in [-0.39, 0.29) is 31.6 Å². The molecule has 0 bridgehead atoms. The van der Waals surface area contributed by atoms with Crippen molar-refractivity contribution < 1.29 is 47.5 Å². The number of halogens is 1. The summed E-state index contributed by atoms with van der Waals surface area (Å²) in [4.78, 5) is 49.6. The number of esters is 3. The first-order valence-corrected chi connectivity index (χ1v) is 16.2. The average Bonchev–Trinajstić information content (AvgIpc) is 3.79. The van der Waals surface area contributed by atoms with Gasteiger partial charge in [-0.15, -0.1) is 0 Å². The van der Waals surface area contributed by atoms with Gasteiger partial charge in [0.25, 0.3) is 6.10 Å². The second kappa shape index (κ2) is 12.9. The van der Waals surface area contributed by atoms with Crippen LogP contribution in [0.2, 0.25) is 5.15 Å². The summed E-state index contributed by atoms with van der Waals surface area (Å²) in [6, 6.07) is 1.83. The summed E-state index contributed by atoms with van der Waals surface area (Å²) in [5.74, 6) is -2.18. The smallest absolute Gasteiger partial charge is 0.347 e. The van der Waals surface area contributed by atoms with Gasteiger partial charge in [0.05, 0.1) is 38.4 Å². The maximum atomic E-state index is 12.7. The predicted octanol–water partition coefficient (Wildman–Crippen LogP) is 3.18. The van der Waals surface area contributed by atoms with Crippen LogP contribution in [0.3, 0.4) is 0 Å². The standard InChI is InChI=1S/C31H41ClN4O10/c1-6-40-28(38)24(29(39)41-7-2)42-14-21-31(15-43-30(4,5)46-31)25(44-17(3)37)27(45-21)36-16-33-23-20(11-22(32)34-26(23)36)35-12-18-9-8-10-19(18)13-35/h11,16,18-19,21,24-25,27H,6-10,12-15H2,1-5H3/t18-,19+,21-,25+,27-,31?/m1/s1. The van der Waals surface area contributed by atoms with Crippen LogP contribution in [-0.4, -0.2) is 102 Å². The molecule has 46 heavy (non-hydrogen) atoms. The van der Waals surface area contributed by atoms with E-state index < -0.39 is 53.8 Å². The topological polar surface area (TPSA) is 150 Å². The van der Waals surface area contributed by atoms with E-state index in [9.17, 15) is 14.4 Å². The van der Waals surface area contributed by atoms with Gasteiger partial charge >= 0.3 is 17.9 Å². The molecular formula is C31H41ClN4O10. The number of fused-ring (bicyclic) bond motifs is 2. The minimum Gasteiger partial charge on any atom is -0.464 e. The number of imidazole rings is 1. The van der Waals surface area contributed by atoms with E-state index in [1.165, 1.54) is 26.2 Å². The van der Waals surface area contributed by atoms with Gasteiger partial charge in [0.2, 0.25) is 0 Å². The van der Waals surface area contributed by atoms with Crippen molar-refractivity contribution in [2.24, 2.45) is 11.8 Å². The second-order valence-corrected chi connectivity index (χ2v) is 13.0. The molecule has 6 rings (SSSR count). The lowest BCUT2D eigenvalue weighted by Gasteiger charge is -2.33. The van der Waals surface area contributed by atoms with Crippen LogP contribution in [0.25, 0.3) is 11.2 Å². The van der Waals surface area contributed by atoms with Crippen molar-refractivity contribution in [3.05, 3.63) is 17.5 Å². The summed E-state index contributed by atoms with van der Waals surface area (Å²) >= 11 is 6.60. The van der Waals surface area contributed by atoms with Crippen LogP contribution < -0.4 is 4.90 Å². The molecule has 15 heteroatoms. The molecule has 14 nitrogen and oxygen atoms in total. The third-order valence-corrected chi connectivity index (χ3v) is 9.39. The molecule has 3 saturated heterocycles. The van der Waals surface area contributed by atoms with Gasteiger partial charge in [0.15, 0.2) is 29.4 Å². The van der Waals surface area contributed by atoms with E-state index in [2.05, 4.69) is 9.88 Å². The van der Waals surface area contributed by atoms with E-state index >= 15 is 0 Å². The highest BCUT2D eigenvalue weighted by molar-refractivity contribution is 6.30. The highest BCUT2D eigenvalue weighted by Gasteiger charge is 2.66. The first-order valence-electron chi connectivity index (χ1n) is 15.9.